The molecule has 52 heavy (non-hydrogen) atoms. The highest BCUT2D eigenvalue weighted by Crippen LogP contribution is 2.22. The Labute approximate surface area is 307 Å². The highest BCUT2D eigenvalue weighted by atomic mass is 16.6. The largest absolute Gasteiger partial charge is 0.490 e. The van der Waals surface area contributed by atoms with Crippen LogP contribution in [-0.4, -0.2) is 156 Å². The van der Waals surface area contributed by atoms with Crippen molar-refractivity contribution in [3.63, 3.8) is 0 Å². The minimum absolute atomic E-state index is 0.338. The third kappa shape index (κ3) is 23.2. The molecule has 0 amide bonds. The Balaban J connectivity index is 1.39. The van der Waals surface area contributed by atoms with Gasteiger partial charge >= 0.3 is 0 Å². The number of rotatable bonds is 35. The molecule has 0 unspecified atom stereocenters. The van der Waals surface area contributed by atoms with E-state index < -0.39 is 0 Å². The van der Waals surface area contributed by atoms with E-state index in [1.165, 1.54) is 0 Å². The lowest BCUT2D eigenvalue weighted by Crippen LogP contribution is -2.15. The molecule has 2 rings (SSSR count). The van der Waals surface area contributed by atoms with E-state index in [1.54, 1.807) is 36.8 Å². The van der Waals surface area contributed by atoms with Crippen molar-refractivity contribution in [3.05, 3.63) is 65.6 Å². The Hall–Kier alpha value is -3.48. The summed E-state index contributed by atoms with van der Waals surface area (Å²) in [6, 6.07) is 7.17. The minimum atomic E-state index is 0.338. The second-order valence-corrected chi connectivity index (χ2v) is 10.7. The molecule has 0 bridgehead atoms. The second-order valence-electron chi connectivity index (χ2n) is 10.7. The van der Waals surface area contributed by atoms with Crippen LogP contribution in [0.5, 0.6) is 5.75 Å². The summed E-state index contributed by atoms with van der Waals surface area (Å²) >= 11 is 0. The highest BCUT2D eigenvalue weighted by molar-refractivity contribution is 6.10. The molecule has 0 saturated carbocycles. The van der Waals surface area contributed by atoms with Gasteiger partial charge in [-0.1, -0.05) is 12.1 Å². The third-order valence-corrected chi connectivity index (χ3v) is 6.69. The molecule has 0 aliphatic rings. The van der Waals surface area contributed by atoms with Crippen LogP contribution in [0.15, 0.2) is 58.9 Å². The molecule has 1 aromatic heterocycles. The molecule has 290 valence electrons. The van der Waals surface area contributed by atoms with Gasteiger partial charge in [0.15, 0.2) is 0 Å². The number of allylic oxidation sites excluding steroid dienone is 1. The number of aliphatic imine (C=N–C) groups is 2. The zero-order chi connectivity index (χ0) is 37.2. The van der Waals surface area contributed by atoms with Crippen molar-refractivity contribution < 1.29 is 52.2 Å². The molecule has 0 radical (unpaired) electrons. The Morgan fingerprint density at radius 2 is 1.13 bits per heavy atom. The third-order valence-electron chi connectivity index (χ3n) is 6.69. The summed E-state index contributed by atoms with van der Waals surface area (Å²) in [7, 11) is 0. The number of carbonyl (C=O) groups excluding carboxylic acids is 1. The number of aryl methyl sites for hydroxylation is 1. The van der Waals surface area contributed by atoms with E-state index in [-0.39, 0.29) is 0 Å². The molecule has 15 heteroatoms. The summed E-state index contributed by atoms with van der Waals surface area (Å²) in [4.78, 5) is 24.1. The number of ether oxygens (including phenoxy) is 10. The van der Waals surface area contributed by atoms with Gasteiger partial charge in [-0.25, -0.2) is 4.99 Å². The van der Waals surface area contributed by atoms with E-state index in [0.29, 0.717) is 155 Å². The van der Waals surface area contributed by atoms with Crippen LogP contribution in [0, 0.1) is 6.92 Å². The zero-order valence-electron chi connectivity index (χ0n) is 30.5. The van der Waals surface area contributed by atoms with Crippen molar-refractivity contribution in [2.24, 2.45) is 15.7 Å². The van der Waals surface area contributed by atoms with Gasteiger partial charge in [-0.05, 0) is 37.4 Å². The average molecular weight is 733 g/mol. The second kappa shape index (κ2) is 32.2. The van der Waals surface area contributed by atoms with Gasteiger partial charge in [0.25, 0.3) is 0 Å². The maximum atomic E-state index is 11.2. The molecular weight excluding hydrogens is 676 g/mol. The van der Waals surface area contributed by atoms with Crippen LogP contribution < -0.4 is 10.5 Å². The summed E-state index contributed by atoms with van der Waals surface area (Å²) in [6.45, 7) is 15.1. The number of nitrogens with zero attached hydrogens (tertiary/aromatic N) is 3. The summed E-state index contributed by atoms with van der Waals surface area (Å²) < 4.78 is 54.9. The first kappa shape index (κ1) is 44.7. The first-order chi connectivity index (χ1) is 25.7. The summed E-state index contributed by atoms with van der Waals surface area (Å²) in [5.74, 6) is 0.569. The van der Waals surface area contributed by atoms with Crippen LogP contribution in [0.3, 0.4) is 0 Å². The SMILES string of the molecule is C=N/C=C\C(=Nc1cc(C=O)ccc1C)c1cncc(OCCOCCOCCOCCOCCOCCOCCOCCOCCOCCN)c1. The molecule has 15 nitrogen and oxygen atoms in total. The molecular formula is C37H56N4O11. The Morgan fingerprint density at radius 3 is 1.58 bits per heavy atom. The lowest BCUT2D eigenvalue weighted by atomic mass is 10.1. The number of hydrogen-bond donors (Lipinski definition) is 1. The van der Waals surface area contributed by atoms with Gasteiger partial charge in [-0.2, -0.15) is 0 Å². The predicted molar refractivity (Wildman–Crippen MR) is 198 cm³/mol. The molecule has 1 heterocycles. The topological polar surface area (TPSA) is 173 Å². The van der Waals surface area contributed by atoms with Gasteiger partial charge in [-0.3, -0.25) is 14.8 Å². The van der Waals surface area contributed by atoms with Crippen LogP contribution in [0.1, 0.15) is 21.5 Å². The molecule has 0 aliphatic carbocycles. The fourth-order valence-corrected chi connectivity index (χ4v) is 4.07. The van der Waals surface area contributed by atoms with Crippen molar-refractivity contribution >= 4 is 24.4 Å². The van der Waals surface area contributed by atoms with Gasteiger partial charge in [0.05, 0.1) is 137 Å². The maximum absolute atomic E-state index is 11.2. The molecule has 1 aromatic carbocycles. The molecule has 0 fully saturated rings. The standard InChI is InChI=1S/C37H56N4O11/c1-32-3-4-33(31-42)27-37(32)41-36(5-7-39-2)34-28-35(30-40-29-34)52-26-25-51-24-23-50-22-21-49-20-19-48-18-17-47-16-15-46-14-13-45-12-11-44-10-9-43-8-6-38/h3-5,7,27-31H,2,6,8-26,38H2,1H3/b7-5-,41-36?. The molecule has 0 atom stereocenters. The number of carbonyl (C=O) groups is 1. The molecule has 2 aromatic rings. The van der Waals surface area contributed by atoms with Gasteiger partial charge in [0, 0.05) is 30.1 Å². The van der Waals surface area contributed by atoms with Crippen molar-refractivity contribution in [1.29, 1.82) is 0 Å². The Bertz CT molecular complexity index is 1270. The Kier molecular flexibility index (Phi) is 27.7. The highest BCUT2D eigenvalue weighted by Gasteiger charge is 2.07. The summed E-state index contributed by atoms with van der Waals surface area (Å²) in [5, 5.41) is 0. The van der Waals surface area contributed by atoms with E-state index in [1.807, 2.05) is 19.1 Å². The minimum Gasteiger partial charge on any atom is -0.490 e. The number of aromatic nitrogens is 1. The average Bonchev–Trinajstić information content (AvgIpc) is 3.16. The van der Waals surface area contributed by atoms with E-state index in [0.717, 1.165) is 17.4 Å². The number of pyridine rings is 1. The molecule has 0 aliphatic heterocycles. The van der Waals surface area contributed by atoms with Crippen molar-refractivity contribution in [2.75, 3.05) is 132 Å². The quantitative estimate of drug-likeness (QED) is 0.0623. The zero-order valence-corrected chi connectivity index (χ0v) is 30.5. The van der Waals surface area contributed by atoms with E-state index in [4.69, 9.17) is 58.1 Å². The van der Waals surface area contributed by atoms with Crippen molar-refractivity contribution in [2.45, 2.75) is 6.92 Å². The number of nitrogens with two attached hydrogens (primary N) is 1. The van der Waals surface area contributed by atoms with Gasteiger partial charge in [-0.15, -0.1) is 0 Å². The van der Waals surface area contributed by atoms with E-state index >= 15 is 0 Å². The van der Waals surface area contributed by atoms with E-state index in [9.17, 15) is 4.79 Å². The fraction of sp³-hybridized carbons (Fsp3) is 0.568. The summed E-state index contributed by atoms with van der Waals surface area (Å²) in [6.07, 6.45) is 7.37. The Morgan fingerprint density at radius 1 is 0.673 bits per heavy atom. The lowest BCUT2D eigenvalue weighted by Gasteiger charge is -2.10. The smallest absolute Gasteiger partial charge is 0.150 e. The van der Waals surface area contributed by atoms with Crippen LogP contribution in [0.4, 0.5) is 5.69 Å². The van der Waals surface area contributed by atoms with Crippen LogP contribution in [0.2, 0.25) is 0 Å². The molecule has 0 saturated heterocycles. The lowest BCUT2D eigenvalue weighted by molar-refractivity contribution is -0.0252. The number of aldehydes is 1. The van der Waals surface area contributed by atoms with Crippen molar-refractivity contribution in [1.82, 2.24) is 4.98 Å². The van der Waals surface area contributed by atoms with Crippen molar-refractivity contribution in [3.8, 4) is 5.75 Å². The van der Waals surface area contributed by atoms with Gasteiger partial charge in [0.2, 0.25) is 0 Å². The van der Waals surface area contributed by atoms with Gasteiger partial charge < -0.3 is 53.1 Å². The normalized spacial score (nSPS) is 11.8. The summed E-state index contributed by atoms with van der Waals surface area (Å²) in [5.41, 5.74) is 8.80. The van der Waals surface area contributed by atoms with Crippen LogP contribution in [-0.2, 0) is 42.6 Å². The molecule has 2 N–H and O–H groups in total. The maximum Gasteiger partial charge on any atom is 0.150 e. The van der Waals surface area contributed by atoms with Crippen LogP contribution in [0.25, 0.3) is 0 Å². The first-order valence-electron chi connectivity index (χ1n) is 17.4. The number of benzene rings is 1. The van der Waals surface area contributed by atoms with E-state index in [2.05, 4.69) is 16.7 Å². The monoisotopic (exact) mass is 732 g/mol. The fourth-order valence-electron chi connectivity index (χ4n) is 4.07. The number of hydrogen-bond acceptors (Lipinski definition) is 15. The predicted octanol–water partition coefficient (Wildman–Crippen LogP) is 3.02. The first-order valence-corrected chi connectivity index (χ1v) is 17.4. The van der Waals surface area contributed by atoms with Crippen LogP contribution >= 0.6 is 0 Å². The molecule has 0 spiro atoms. The van der Waals surface area contributed by atoms with Gasteiger partial charge in [0.1, 0.15) is 18.6 Å².